The molecule has 3 aromatic rings. The molecular formula is C20H16F3N3O. The zero-order chi connectivity index (χ0) is 19.8. The maximum absolute atomic E-state index is 13.1. The van der Waals surface area contributed by atoms with Gasteiger partial charge in [0.25, 0.3) is 0 Å². The van der Waals surface area contributed by atoms with E-state index in [0.717, 1.165) is 12.1 Å². The Bertz CT molecular complexity index is 1060. The molecule has 1 N–H and O–H groups in total. The van der Waals surface area contributed by atoms with E-state index in [4.69, 9.17) is 0 Å². The number of halogens is 3. The molecule has 4 nitrogen and oxygen atoms in total. The van der Waals surface area contributed by atoms with E-state index in [1.165, 1.54) is 13.0 Å². The summed E-state index contributed by atoms with van der Waals surface area (Å²) in [4.78, 5) is 11.1. The highest BCUT2D eigenvalue weighted by atomic mass is 19.4. The summed E-state index contributed by atoms with van der Waals surface area (Å²) in [6, 6.07) is 12.4. The average Bonchev–Trinajstić information content (AvgIpc) is 2.93. The number of aryl methyl sites for hydroxylation is 1. The number of hydrogen-bond acceptors (Lipinski definition) is 2. The number of alkyl halides is 3. The molecule has 3 rings (SSSR count). The highest BCUT2D eigenvalue weighted by Crippen LogP contribution is 2.37. The Balaban J connectivity index is 2.23. The van der Waals surface area contributed by atoms with Gasteiger partial charge in [-0.1, -0.05) is 18.2 Å². The fraction of sp³-hybridized carbons (Fsp3) is 0.200. The Kier molecular flexibility index (Phi) is 4.66. The summed E-state index contributed by atoms with van der Waals surface area (Å²) in [6.45, 7) is 3.62. The van der Waals surface area contributed by atoms with Crippen molar-refractivity contribution in [3.05, 3.63) is 53.6 Å². The van der Waals surface area contributed by atoms with Crippen LogP contribution in [0.3, 0.4) is 0 Å². The molecule has 1 aromatic heterocycles. The molecular weight excluding hydrogens is 355 g/mol. The normalized spacial score (nSPS) is 11.4. The van der Waals surface area contributed by atoms with Gasteiger partial charge < -0.3 is 9.88 Å². The summed E-state index contributed by atoms with van der Waals surface area (Å²) in [6.07, 6.45) is -4.45. The molecule has 0 unspecified atom stereocenters. The topological polar surface area (TPSA) is 57.8 Å². The fourth-order valence-corrected chi connectivity index (χ4v) is 3.18. The number of anilines is 1. The first-order chi connectivity index (χ1) is 12.8. The van der Waals surface area contributed by atoms with Crippen LogP contribution in [0.4, 0.5) is 18.9 Å². The second-order valence-electron chi connectivity index (χ2n) is 6.07. The zero-order valence-electron chi connectivity index (χ0n) is 14.7. The molecule has 138 valence electrons. The predicted molar refractivity (Wildman–Crippen MR) is 97.1 cm³/mol. The van der Waals surface area contributed by atoms with Crippen molar-refractivity contribution in [1.82, 2.24) is 4.57 Å². The number of hydrogen-bond donors (Lipinski definition) is 1. The Morgan fingerprint density at radius 2 is 1.85 bits per heavy atom. The average molecular weight is 371 g/mol. The quantitative estimate of drug-likeness (QED) is 0.690. The van der Waals surface area contributed by atoms with E-state index in [-0.39, 0.29) is 5.91 Å². The van der Waals surface area contributed by atoms with Crippen molar-refractivity contribution in [2.75, 3.05) is 5.32 Å². The van der Waals surface area contributed by atoms with E-state index in [0.29, 0.717) is 40.0 Å². The Labute approximate surface area is 153 Å². The number of benzene rings is 2. The molecule has 0 radical (unpaired) electrons. The van der Waals surface area contributed by atoms with Crippen molar-refractivity contribution in [2.45, 2.75) is 26.6 Å². The van der Waals surface area contributed by atoms with Gasteiger partial charge in [0.15, 0.2) is 0 Å². The van der Waals surface area contributed by atoms with E-state index in [1.807, 2.05) is 6.92 Å². The lowest BCUT2D eigenvalue weighted by Crippen LogP contribution is -2.06. The third kappa shape index (κ3) is 3.38. The van der Waals surface area contributed by atoms with Gasteiger partial charge in [0.05, 0.1) is 22.3 Å². The minimum atomic E-state index is -4.45. The number of carbonyl (C=O) groups excluding carboxylic acids is 1. The van der Waals surface area contributed by atoms with E-state index < -0.39 is 11.7 Å². The van der Waals surface area contributed by atoms with Crippen molar-refractivity contribution in [3.63, 3.8) is 0 Å². The van der Waals surface area contributed by atoms with Crippen molar-refractivity contribution in [3.8, 4) is 17.3 Å². The monoisotopic (exact) mass is 371 g/mol. The van der Waals surface area contributed by atoms with Gasteiger partial charge in [-0.15, -0.1) is 0 Å². The SMILES string of the molecule is CCn1c(-c2ccc(NC(C)=O)cc2)c(C#N)c2ccc(C(F)(F)F)cc21. The van der Waals surface area contributed by atoms with Crippen LogP contribution >= 0.6 is 0 Å². The van der Waals surface area contributed by atoms with Crippen molar-refractivity contribution >= 4 is 22.5 Å². The lowest BCUT2D eigenvalue weighted by atomic mass is 10.0. The van der Waals surface area contributed by atoms with Gasteiger partial charge in [-0.25, -0.2) is 0 Å². The molecule has 0 aliphatic rings. The van der Waals surface area contributed by atoms with Crippen LogP contribution in [0.1, 0.15) is 25.0 Å². The molecule has 0 fully saturated rings. The van der Waals surface area contributed by atoms with Gasteiger partial charge in [-0.2, -0.15) is 18.4 Å². The number of nitriles is 1. The van der Waals surface area contributed by atoms with Gasteiger partial charge in [-0.05, 0) is 36.8 Å². The highest BCUT2D eigenvalue weighted by molar-refractivity contribution is 5.95. The molecule has 0 spiro atoms. The van der Waals surface area contributed by atoms with E-state index in [2.05, 4.69) is 11.4 Å². The minimum absolute atomic E-state index is 0.206. The predicted octanol–water partition coefficient (Wildman–Crippen LogP) is 5.18. The second-order valence-corrected chi connectivity index (χ2v) is 6.07. The first-order valence-corrected chi connectivity index (χ1v) is 8.27. The summed E-state index contributed by atoms with van der Waals surface area (Å²) < 4.78 is 41.0. The van der Waals surface area contributed by atoms with Crippen LogP contribution in [-0.4, -0.2) is 10.5 Å². The standard InChI is InChI=1S/C20H16F3N3O/c1-3-26-18-10-14(20(21,22)23)6-9-16(18)17(11-24)19(26)13-4-7-15(8-5-13)25-12(2)27/h4-10H,3H2,1-2H3,(H,25,27). The number of nitrogens with zero attached hydrogens (tertiary/aromatic N) is 2. The number of rotatable bonds is 3. The maximum Gasteiger partial charge on any atom is 0.416 e. The summed E-state index contributed by atoms with van der Waals surface area (Å²) in [7, 11) is 0. The number of carbonyl (C=O) groups is 1. The molecule has 0 saturated carbocycles. The number of amides is 1. The molecule has 2 aromatic carbocycles. The summed E-state index contributed by atoms with van der Waals surface area (Å²) in [5.74, 6) is -0.206. The summed E-state index contributed by atoms with van der Waals surface area (Å²) in [5, 5.41) is 12.8. The number of fused-ring (bicyclic) bond motifs is 1. The number of nitrogens with one attached hydrogen (secondary N) is 1. The third-order valence-electron chi connectivity index (χ3n) is 4.30. The molecule has 0 aliphatic heterocycles. The lowest BCUT2D eigenvalue weighted by molar-refractivity contribution is -0.137. The first kappa shape index (κ1) is 18.5. The largest absolute Gasteiger partial charge is 0.416 e. The molecule has 7 heteroatoms. The van der Waals surface area contributed by atoms with Gasteiger partial charge in [0.2, 0.25) is 5.91 Å². The third-order valence-corrected chi connectivity index (χ3v) is 4.30. The molecule has 0 aliphatic carbocycles. The molecule has 27 heavy (non-hydrogen) atoms. The van der Waals surface area contributed by atoms with Crippen LogP contribution in [0.5, 0.6) is 0 Å². The Morgan fingerprint density at radius 3 is 2.37 bits per heavy atom. The van der Waals surface area contributed by atoms with Crippen LogP contribution in [0.15, 0.2) is 42.5 Å². The Morgan fingerprint density at radius 1 is 1.19 bits per heavy atom. The maximum atomic E-state index is 13.1. The van der Waals surface area contributed by atoms with Crippen LogP contribution in [0, 0.1) is 11.3 Å². The van der Waals surface area contributed by atoms with Gasteiger partial charge >= 0.3 is 6.18 Å². The molecule has 1 amide bonds. The second kappa shape index (κ2) is 6.80. The van der Waals surface area contributed by atoms with Crippen molar-refractivity contribution in [2.24, 2.45) is 0 Å². The van der Waals surface area contributed by atoms with Crippen molar-refractivity contribution in [1.29, 1.82) is 5.26 Å². The zero-order valence-corrected chi connectivity index (χ0v) is 14.7. The van der Waals surface area contributed by atoms with E-state index >= 15 is 0 Å². The Hall–Kier alpha value is -3.27. The summed E-state index contributed by atoms with van der Waals surface area (Å²) >= 11 is 0. The molecule has 0 saturated heterocycles. The van der Waals surface area contributed by atoms with Crippen LogP contribution in [-0.2, 0) is 17.5 Å². The van der Waals surface area contributed by atoms with Gasteiger partial charge in [0, 0.05) is 24.5 Å². The molecule has 0 atom stereocenters. The van der Waals surface area contributed by atoms with Gasteiger partial charge in [0.1, 0.15) is 6.07 Å². The van der Waals surface area contributed by atoms with Crippen LogP contribution in [0.2, 0.25) is 0 Å². The number of aromatic nitrogens is 1. The van der Waals surface area contributed by atoms with E-state index in [1.54, 1.807) is 28.8 Å². The first-order valence-electron chi connectivity index (χ1n) is 8.27. The highest BCUT2D eigenvalue weighted by Gasteiger charge is 2.31. The van der Waals surface area contributed by atoms with Gasteiger partial charge in [-0.3, -0.25) is 4.79 Å². The minimum Gasteiger partial charge on any atom is -0.340 e. The van der Waals surface area contributed by atoms with E-state index in [9.17, 15) is 23.2 Å². The fourth-order valence-electron chi connectivity index (χ4n) is 3.18. The van der Waals surface area contributed by atoms with Crippen LogP contribution in [0.25, 0.3) is 22.2 Å². The van der Waals surface area contributed by atoms with Crippen LogP contribution < -0.4 is 5.32 Å². The molecule has 0 bridgehead atoms. The summed E-state index contributed by atoms with van der Waals surface area (Å²) in [5.41, 5.74) is 1.79. The van der Waals surface area contributed by atoms with Crippen molar-refractivity contribution < 1.29 is 18.0 Å². The smallest absolute Gasteiger partial charge is 0.340 e. The lowest BCUT2D eigenvalue weighted by Gasteiger charge is -2.11. The molecule has 1 heterocycles.